The van der Waals surface area contributed by atoms with Crippen LogP contribution in [0.4, 0.5) is 5.69 Å². The van der Waals surface area contributed by atoms with Gasteiger partial charge in [0.25, 0.3) is 30.4 Å². The molecule has 5 N–H and O–H groups in total. The minimum absolute atomic E-state index is 0.296. The quantitative estimate of drug-likeness (QED) is 0.0545. The Labute approximate surface area is 365 Å². The summed E-state index contributed by atoms with van der Waals surface area (Å²) in [5.74, 6) is 0. The standard InChI is InChI=1S/C45H29N5O9S4/c51-61(52,53)31-11-3-27(4-12-31)43-36-19-17-34(47-36)42(26-1-9-30(10-2-26)46-25-60)35-18-20-37(48-35)44(28-5-13-32(14-6-28)62(54,55)56)39-22-24-41(50-39)45(40-23-21-38(43)49-40)29-7-15-33(16-8-29)63(57,58)59/h1-24,47,50H,(H,51,52,53)(H,54,55,56)(H,57,58,59). The van der Waals surface area contributed by atoms with Crippen molar-refractivity contribution in [3.05, 3.63) is 144 Å². The zero-order valence-electron chi connectivity index (χ0n) is 32.1. The first kappa shape index (κ1) is 41.4. The molecule has 0 atom stereocenters. The van der Waals surface area contributed by atoms with Crippen molar-refractivity contribution < 1.29 is 38.9 Å². The molecule has 18 heteroatoms. The van der Waals surface area contributed by atoms with Crippen molar-refractivity contribution in [1.82, 2.24) is 19.9 Å². The number of nitrogens with one attached hydrogen (secondary N) is 2. The van der Waals surface area contributed by atoms with Crippen molar-refractivity contribution in [1.29, 1.82) is 0 Å². The van der Waals surface area contributed by atoms with E-state index in [1.165, 1.54) is 48.5 Å². The van der Waals surface area contributed by atoms with Gasteiger partial charge in [0.15, 0.2) is 0 Å². The van der Waals surface area contributed by atoms with Gasteiger partial charge in [-0.3, -0.25) is 13.7 Å². The van der Waals surface area contributed by atoms with E-state index in [9.17, 15) is 38.9 Å². The number of thiocarbonyl (C=S) groups is 1. The Morgan fingerprint density at radius 3 is 0.905 bits per heavy atom. The summed E-state index contributed by atoms with van der Waals surface area (Å²) in [6.07, 6.45) is 7.24. The van der Waals surface area contributed by atoms with Gasteiger partial charge in [-0.25, -0.2) is 9.97 Å². The fraction of sp³-hybridized carbons (Fsp3) is 0. The van der Waals surface area contributed by atoms with Crippen LogP contribution in [0.25, 0.3) is 90.9 Å². The first-order valence-electron chi connectivity index (χ1n) is 18.6. The van der Waals surface area contributed by atoms with Gasteiger partial charge in [-0.15, -0.1) is 0 Å². The van der Waals surface area contributed by atoms with Crippen LogP contribution in [0.5, 0.6) is 0 Å². The number of rotatable bonds is 8. The van der Waals surface area contributed by atoms with Crippen molar-refractivity contribution in [3.8, 4) is 44.5 Å². The van der Waals surface area contributed by atoms with Crippen LogP contribution in [-0.2, 0) is 30.4 Å². The molecule has 0 amide bonds. The monoisotopic (exact) mass is 911 g/mol. The summed E-state index contributed by atoms with van der Waals surface area (Å²) in [5, 5.41) is 2.38. The van der Waals surface area contributed by atoms with Crippen LogP contribution in [0, 0.1) is 0 Å². The average Bonchev–Trinajstić information content (AvgIpc) is 4.09. The van der Waals surface area contributed by atoms with E-state index in [2.05, 4.69) is 20.1 Å². The number of nitrogens with zero attached hydrogens (tertiary/aromatic N) is 3. The zero-order chi connectivity index (χ0) is 44.3. The van der Waals surface area contributed by atoms with E-state index >= 15 is 0 Å². The highest BCUT2D eigenvalue weighted by molar-refractivity contribution is 7.86. The maximum absolute atomic E-state index is 12.0. The van der Waals surface area contributed by atoms with Crippen LogP contribution in [0.2, 0.25) is 0 Å². The van der Waals surface area contributed by atoms with E-state index in [1.807, 2.05) is 48.6 Å². The summed E-state index contributed by atoms with van der Waals surface area (Å²) in [6, 6.07) is 31.7. The minimum Gasteiger partial charge on any atom is -0.354 e. The van der Waals surface area contributed by atoms with Gasteiger partial charge in [-0.2, -0.15) is 30.2 Å². The Balaban J connectivity index is 1.43. The van der Waals surface area contributed by atoms with Gasteiger partial charge in [-0.1, -0.05) is 48.5 Å². The highest BCUT2D eigenvalue weighted by atomic mass is 32.2. The van der Waals surface area contributed by atoms with Crippen molar-refractivity contribution in [2.45, 2.75) is 14.7 Å². The van der Waals surface area contributed by atoms with Gasteiger partial charge < -0.3 is 9.97 Å². The molecule has 0 radical (unpaired) electrons. The third kappa shape index (κ3) is 8.12. The third-order valence-electron chi connectivity index (χ3n) is 10.4. The third-order valence-corrected chi connectivity index (χ3v) is 13.1. The van der Waals surface area contributed by atoms with Crippen LogP contribution in [0.1, 0.15) is 22.8 Å². The van der Waals surface area contributed by atoms with Crippen LogP contribution in [0.3, 0.4) is 0 Å². The van der Waals surface area contributed by atoms with Crippen LogP contribution >= 0.6 is 12.2 Å². The van der Waals surface area contributed by atoms with E-state index in [-0.39, 0.29) is 14.7 Å². The molecule has 4 aromatic carbocycles. The summed E-state index contributed by atoms with van der Waals surface area (Å²) >= 11 is 4.82. The number of aromatic amines is 2. The Morgan fingerprint density at radius 2 is 0.667 bits per heavy atom. The average molecular weight is 912 g/mol. The molecule has 0 aliphatic carbocycles. The van der Waals surface area contributed by atoms with Crippen molar-refractivity contribution in [2.24, 2.45) is 4.99 Å². The number of fused-ring (bicyclic) bond motifs is 8. The van der Waals surface area contributed by atoms with Gasteiger partial charge >= 0.3 is 0 Å². The summed E-state index contributed by atoms with van der Waals surface area (Å²) in [4.78, 5) is 20.5. The lowest BCUT2D eigenvalue weighted by atomic mass is 10.0. The largest absolute Gasteiger partial charge is 0.354 e. The maximum Gasteiger partial charge on any atom is 0.294 e. The first-order chi connectivity index (χ1) is 30.0. The second-order valence-electron chi connectivity index (χ2n) is 14.3. The van der Waals surface area contributed by atoms with E-state index in [1.54, 1.807) is 48.6 Å². The van der Waals surface area contributed by atoms with Crippen LogP contribution < -0.4 is 0 Å². The highest BCUT2D eigenvalue weighted by Gasteiger charge is 2.21. The first-order valence-corrected chi connectivity index (χ1v) is 23.4. The molecule has 0 spiro atoms. The summed E-state index contributed by atoms with van der Waals surface area (Å²) in [7, 11) is -13.5. The molecule has 5 heterocycles. The van der Waals surface area contributed by atoms with E-state index in [0.29, 0.717) is 89.5 Å². The predicted molar refractivity (Wildman–Crippen MR) is 245 cm³/mol. The fourth-order valence-electron chi connectivity index (χ4n) is 7.56. The lowest BCUT2D eigenvalue weighted by Gasteiger charge is -2.08. The molecule has 2 aliphatic rings. The fourth-order valence-corrected chi connectivity index (χ4v) is 9.10. The van der Waals surface area contributed by atoms with E-state index in [0.717, 1.165) is 5.56 Å². The second-order valence-corrected chi connectivity index (χ2v) is 18.7. The second kappa shape index (κ2) is 15.7. The van der Waals surface area contributed by atoms with Crippen molar-refractivity contribution >= 4 is 99.8 Å². The molecule has 9 rings (SSSR count). The molecule has 0 saturated carbocycles. The number of aliphatic imine (C=N–C) groups is 1. The Morgan fingerprint density at radius 1 is 0.413 bits per heavy atom. The number of aromatic nitrogens is 4. The molecule has 2 aliphatic heterocycles. The summed E-state index contributed by atoms with van der Waals surface area (Å²) in [5.41, 5.74) is 9.60. The SMILES string of the molecule is O=S(=O)(O)c1ccc(-c2c3nc(c(-c4ccc(S(=O)(=O)O)cc4)c4ccc([nH]4)c(-c4ccc(S(=O)(=O)O)cc4)c4nc(c(-c5ccc(N=C=S)cc5)c5ccc2[nH]5)C=C4)C=C3)cc1. The van der Waals surface area contributed by atoms with Crippen LogP contribution in [0.15, 0.2) is 141 Å². The van der Waals surface area contributed by atoms with Crippen molar-refractivity contribution in [3.63, 3.8) is 0 Å². The number of benzene rings is 4. The molecule has 0 fully saturated rings. The highest BCUT2D eigenvalue weighted by Crippen LogP contribution is 2.39. The smallest absolute Gasteiger partial charge is 0.294 e. The maximum atomic E-state index is 12.0. The number of hydrogen-bond donors (Lipinski definition) is 5. The molecule has 312 valence electrons. The Bertz CT molecular complexity index is 3600. The van der Waals surface area contributed by atoms with Gasteiger partial charge in [0, 0.05) is 44.3 Å². The summed E-state index contributed by atoms with van der Waals surface area (Å²) < 4.78 is 102. The van der Waals surface area contributed by atoms with Crippen LogP contribution in [-0.4, -0.2) is 64.0 Å². The van der Waals surface area contributed by atoms with Gasteiger partial charge in [0.05, 0.1) is 48.3 Å². The topological polar surface area (TPSA) is 233 Å². The van der Waals surface area contributed by atoms with Gasteiger partial charge in [0.2, 0.25) is 0 Å². The number of isothiocyanates is 1. The number of hydrogen-bond acceptors (Lipinski definition) is 10. The zero-order valence-corrected chi connectivity index (χ0v) is 35.4. The molecule has 3 aromatic heterocycles. The normalized spacial score (nSPS) is 12.6. The number of H-pyrrole nitrogens is 2. The van der Waals surface area contributed by atoms with E-state index in [4.69, 9.17) is 22.2 Å². The molecule has 63 heavy (non-hydrogen) atoms. The lowest BCUT2D eigenvalue weighted by Crippen LogP contribution is -1.97. The summed E-state index contributed by atoms with van der Waals surface area (Å²) in [6.45, 7) is 0. The van der Waals surface area contributed by atoms with E-state index < -0.39 is 30.4 Å². The minimum atomic E-state index is -4.52. The molecule has 8 bridgehead atoms. The molecule has 0 unspecified atom stereocenters. The van der Waals surface area contributed by atoms with Gasteiger partial charge in [-0.05, 0) is 132 Å². The molecule has 14 nitrogen and oxygen atoms in total. The lowest BCUT2D eigenvalue weighted by molar-refractivity contribution is 0.481. The predicted octanol–water partition coefficient (Wildman–Crippen LogP) is 9.80. The molecule has 0 saturated heterocycles. The molecule has 7 aromatic rings. The Kier molecular flexibility index (Phi) is 10.3. The Hall–Kier alpha value is -6.99. The van der Waals surface area contributed by atoms with Gasteiger partial charge in [0.1, 0.15) is 0 Å². The van der Waals surface area contributed by atoms with Crippen molar-refractivity contribution in [2.75, 3.05) is 0 Å². The molecular formula is C45H29N5O9S4. The molecular weight excluding hydrogens is 883 g/mol.